The molecule has 0 radical (unpaired) electrons. The molecule has 0 aliphatic heterocycles. The summed E-state index contributed by atoms with van der Waals surface area (Å²) in [6, 6.07) is 2.74. The summed E-state index contributed by atoms with van der Waals surface area (Å²) < 4.78 is 0. The molecule has 0 saturated carbocycles. The minimum Gasteiger partial charge on any atom is -0.310 e. The highest BCUT2D eigenvalue weighted by Crippen LogP contribution is 2.25. The molecule has 14 heavy (non-hydrogen) atoms. The summed E-state index contributed by atoms with van der Waals surface area (Å²) >= 11 is 1.88. The van der Waals surface area contributed by atoms with Crippen molar-refractivity contribution in [1.82, 2.24) is 5.32 Å². The van der Waals surface area contributed by atoms with Crippen LogP contribution in [0.25, 0.3) is 0 Å². The molecule has 1 unspecified atom stereocenters. The van der Waals surface area contributed by atoms with Crippen LogP contribution >= 0.6 is 11.3 Å². The van der Waals surface area contributed by atoms with E-state index >= 15 is 0 Å². The van der Waals surface area contributed by atoms with Crippen molar-refractivity contribution in [2.45, 2.75) is 33.2 Å². The van der Waals surface area contributed by atoms with E-state index in [9.17, 15) is 0 Å². The number of aryl methyl sites for hydroxylation is 2. The molecule has 0 bridgehead atoms. The van der Waals surface area contributed by atoms with E-state index in [0.29, 0.717) is 6.04 Å². The van der Waals surface area contributed by atoms with Crippen molar-refractivity contribution in [2.24, 2.45) is 0 Å². The fraction of sp³-hybridized carbons (Fsp3) is 0.500. The van der Waals surface area contributed by atoms with Crippen LogP contribution in [-0.2, 0) is 0 Å². The molecule has 0 aliphatic carbocycles. The van der Waals surface area contributed by atoms with Crippen LogP contribution in [0.5, 0.6) is 0 Å². The zero-order chi connectivity index (χ0) is 10.6. The van der Waals surface area contributed by atoms with E-state index in [0.717, 1.165) is 13.0 Å². The van der Waals surface area contributed by atoms with E-state index in [2.05, 4.69) is 38.7 Å². The van der Waals surface area contributed by atoms with E-state index < -0.39 is 0 Å². The van der Waals surface area contributed by atoms with Crippen molar-refractivity contribution in [3.05, 3.63) is 34.0 Å². The van der Waals surface area contributed by atoms with Gasteiger partial charge >= 0.3 is 0 Å². The van der Waals surface area contributed by atoms with Gasteiger partial charge in [-0.3, -0.25) is 0 Å². The third-order valence-corrected chi connectivity index (χ3v) is 3.33. The molecule has 1 aromatic heterocycles. The molecule has 78 valence electrons. The Hall–Kier alpha value is -0.600. The fourth-order valence-corrected chi connectivity index (χ4v) is 2.61. The molecule has 0 aromatic carbocycles. The molecule has 1 atom stereocenters. The monoisotopic (exact) mass is 209 g/mol. The van der Waals surface area contributed by atoms with Crippen LogP contribution in [0, 0.1) is 13.8 Å². The van der Waals surface area contributed by atoms with Gasteiger partial charge in [0.05, 0.1) is 0 Å². The van der Waals surface area contributed by atoms with Gasteiger partial charge in [0.1, 0.15) is 0 Å². The average Bonchev–Trinajstić information content (AvgIpc) is 2.45. The fourth-order valence-electron chi connectivity index (χ4n) is 1.59. The first-order chi connectivity index (χ1) is 6.65. The Labute approximate surface area is 90.9 Å². The molecular weight excluding hydrogens is 190 g/mol. The highest BCUT2D eigenvalue weighted by Gasteiger charge is 2.09. The van der Waals surface area contributed by atoms with Crippen molar-refractivity contribution in [2.75, 3.05) is 6.54 Å². The van der Waals surface area contributed by atoms with Crippen molar-refractivity contribution in [3.8, 4) is 0 Å². The Bertz CT molecular complexity index is 301. The third kappa shape index (κ3) is 2.96. The van der Waals surface area contributed by atoms with Crippen LogP contribution in [0.15, 0.2) is 18.7 Å². The maximum Gasteiger partial charge on any atom is 0.0302 e. The van der Waals surface area contributed by atoms with E-state index in [1.54, 1.807) is 0 Å². The molecule has 2 heteroatoms. The van der Waals surface area contributed by atoms with Crippen molar-refractivity contribution >= 4 is 11.3 Å². The SMILES string of the molecule is C=CCCNC(C)c1cc(C)sc1C. The van der Waals surface area contributed by atoms with Crippen LogP contribution in [0.4, 0.5) is 0 Å². The summed E-state index contributed by atoms with van der Waals surface area (Å²) in [6.45, 7) is 11.3. The van der Waals surface area contributed by atoms with Crippen LogP contribution in [-0.4, -0.2) is 6.54 Å². The van der Waals surface area contributed by atoms with E-state index in [1.165, 1.54) is 15.3 Å². The summed E-state index contributed by atoms with van der Waals surface area (Å²) in [7, 11) is 0. The summed E-state index contributed by atoms with van der Waals surface area (Å²) in [5.41, 5.74) is 1.44. The van der Waals surface area contributed by atoms with Gasteiger partial charge in [-0.25, -0.2) is 0 Å². The van der Waals surface area contributed by atoms with Crippen LogP contribution in [0.2, 0.25) is 0 Å². The van der Waals surface area contributed by atoms with Gasteiger partial charge in [-0.1, -0.05) is 6.08 Å². The molecule has 1 heterocycles. The number of rotatable bonds is 5. The summed E-state index contributed by atoms with van der Waals surface area (Å²) in [6.07, 6.45) is 2.98. The van der Waals surface area contributed by atoms with Gasteiger partial charge < -0.3 is 5.32 Å². The molecule has 0 fully saturated rings. The lowest BCUT2D eigenvalue weighted by molar-refractivity contribution is 0.580. The highest BCUT2D eigenvalue weighted by atomic mass is 32.1. The predicted octanol–water partition coefficient (Wildman–Crippen LogP) is 3.59. The van der Waals surface area contributed by atoms with Gasteiger partial charge in [0.2, 0.25) is 0 Å². The molecule has 0 saturated heterocycles. The largest absolute Gasteiger partial charge is 0.310 e. The zero-order valence-corrected chi connectivity index (χ0v) is 10.1. The Kier molecular flexibility index (Phi) is 4.36. The van der Waals surface area contributed by atoms with Crippen LogP contribution in [0.1, 0.15) is 34.7 Å². The van der Waals surface area contributed by atoms with Crippen molar-refractivity contribution in [1.29, 1.82) is 0 Å². The average molecular weight is 209 g/mol. The van der Waals surface area contributed by atoms with Crippen molar-refractivity contribution in [3.63, 3.8) is 0 Å². The third-order valence-electron chi connectivity index (χ3n) is 2.34. The molecule has 1 nitrogen and oxygen atoms in total. The minimum atomic E-state index is 0.458. The standard InChI is InChI=1S/C12H19NS/c1-5-6-7-13-10(3)12-8-9(2)14-11(12)4/h5,8,10,13H,1,6-7H2,2-4H3. The number of nitrogens with one attached hydrogen (secondary N) is 1. The predicted molar refractivity (Wildman–Crippen MR) is 65.0 cm³/mol. The van der Waals surface area contributed by atoms with Crippen LogP contribution in [0.3, 0.4) is 0 Å². The Balaban J connectivity index is 2.55. The second-order valence-corrected chi connectivity index (χ2v) is 5.08. The molecule has 1 rings (SSSR count). The summed E-state index contributed by atoms with van der Waals surface area (Å²) in [5, 5.41) is 3.49. The minimum absolute atomic E-state index is 0.458. The molecule has 0 spiro atoms. The maximum absolute atomic E-state index is 3.71. The molecular formula is C12H19NS. The lowest BCUT2D eigenvalue weighted by Gasteiger charge is -2.12. The zero-order valence-electron chi connectivity index (χ0n) is 9.26. The normalized spacial score (nSPS) is 12.8. The quantitative estimate of drug-likeness (QED) is 0.577. The van der Waals surface area contributed by atoms with Gasteiger partial charge in [0.15, 0.2) is 0 Å². The van der Waals surface area contributed by atoms with Gasteiger partial charge in [0.25, 0.3) is 0 Å². The smallest absolute Gasteiger partial charge is 0.0302 e. The van der Waals surface area contributed by atoms with Gasteiger partial charge in [-0.15, -0.1) is 17.9 Å². The molecule has 0 amide bonds. The molecule has 1 N–H and O–H groups in total. The first-order valence-corrected chi connectivity index (χ1v) is 5.88. The summed E-state index contributed by atoms with van der Waals surface area (Å²) in [5.74, 6) is 0. The van der Waals surface area contributed by atoms with E-state index in [1.807, 2.05) is 17.4 Å². The van der Waals surface area contributed by atoms with E-state index in [-0.39, 0.29) is 0 Å². The Morgan fingerprint density at radius 1 is 1.57 bits per heavy atom. The van der Waals surface area contributed by atoms with E-state index in [4.69, 9.17) is 0 Å². The first-order valence-electron chi connectivity index (χ1n) is 5.06. The van der Waals surface area contributed by atoms with Crippen molar-refractivity contribution < 1.29 is 0 Å². The highest BCUT2D eigenvalue weighted by molar-refractivity contribution is 7.12. The first kappa shape index (κ1) is 11.5. The van der Waals surface area contributed by atoms with Gasteiger partial charge in [0, 0.05) is 15.8 Å². The lowest BCUT2D eigenvalue weighted by atomic mass is 10.1. The number of hydrogen-bond donors (Lipinski definition) is 1. The van der Waals surface area contributed by atoms with Crippen LogP contribution < -0.4 is 5.32 Å². The number of thiophene rings is 1. The lowest BCUT2D eigenvalue weighted by Crippen LogP contribution is -2.19. The maximum atomic E-state index is 3.71. The van der Waals surface area contributed by atoms with Gasteiger partial charge in [-0.2, -0.15) is 0 Å². The topological polar surface area (TPSA) is 12.0 Å². The molecule has 1 aromatic rings. The Morgan fingerprint density at radius 2 is 2.29 bits per heavy atom. The summed E-state index contributed by atoms with van der Waals surface area (Å²) in [4.78, 5) is 2.83. The second-order valence-electron chi connectivity index (χ2n) is 3.62. The second kappa shape index (κ2) is 5.32. The number of hydrogen-bond acceptors (Lipinski definition) is 2. The Morgan fingerprint density at radius 3 is 2.79 bits per heavy atom. The molecule has 0 aliphatic rings. The van der Waals surface area contributed by atoms with Gasteiger partial charge in [-0.05, 0) is 45.4 Å².